The number of para-hydroxylation sites is 1. The van der Waals surface area contributed by atoms with Gasteiger partial charge in [-0.05, 0) is 18.1 Å². The Bertz CT molecular complexity index is 520. The summed E-state index contributed by atoms with van der Waals surface area (Å²) < 4.78 is 16.0. The van der Waals surface area contributed by atoms with Crippen LogP contribution < -0.4 is 14.8 Å². The first-order chi connectivity index (χ1) is 10.3. The summed E-state index contributed by atoms with van der Waals surface area (Å²) >= 11 is 0. The molecule has 3 rings (SSSR count). The van der Waals surface area contributed by atoms with Gasteiger partial charge in [0.05, 0.1) is 13.7 Å². The molecular formula is C15H20N2O4. The van der Waals surface area contributed by atoms with Gasteiger partial charge in [-0.1, -0.05) is 12.1 Å². The van der Waals surface area contributed by atoms with Gasteiger partial charge in [-0.15, -0.1) is 0 Å². The second kappa shape index (κ2) is 6.22. The van der Waals surface area contributed by atoms with Crippen LogP contribution in [0.2, 0.25) is 0 Å². The molecule has 1 unspecified atom stereocenters. The van der Waals surface area contributed by atoms with E-state index >= 15 is 0 Å². The molecule has 1 atom stereocenters. The molecule has 2 heterocycles. The second-order valence-corrected chi connectivity index (χ2v) is 5.22. The molecule has 1 amide bonds. The van der Waals surface area contributed by atoms with E-state index < -0.39 is 0 Å². The summed E-state index contributed by atoms with van der Waals surface area (Å²) in [4.78, 5) is 13.0. The third-order valence-corrected chi connectivity index (χ3v) is 3.84. The molecule has 0 aliphatic carbocycles. The summed E-state index contributed by atoms with van der Waals surface area (Å²) in [7, 11) is 1.65. The third kappa shape index (κ3) is 3.05. The van der Waals surface area contributed by atoms with Crippen LogP contribution in [0.25, 0.3) is 0 Å². The van der Waals surface area contributed by atoms with Crippen molar-refractivity contribution in [3.63, 3.8) is 0 Å². The largest absolute Gasteiger partial charge is 0.493 e. The lowest BCUT2D eigenvalue weighted by Crippen LogP contribution is -2.43. The maximum absolute atomic E-state index is 11.3. The van der Waals surface area contributed by atoms with Crippen molar-refractivity contribution in [2.45, 2.75) is 12.5 Å². The Balaban J connectivity index is 1.51. The first kappa shape index (κ1) is 14.0. The zero-order valence-corrected chi connectivity index (χ0v) is 12.1. The monoisotopic (exact) mass is 292 g/mol. The number of fused-ring (bicyclic) bond motifs is 1. The molecule has 1 aromatic carbocycles. The fourth-order valence-electron chi connectivity index (χ4n) is 2.72. The zero-order valence-electron chi connectivity index (χ0n) is 12.1. The summed E-state index contributed by atoms with van der Waals surface area (Å²) in [5, 5.41) is 3.43. The summed E-state index contributed by atoms with van der Waals surface area (Å²) in [6.07, 6.45) is 0.684. The van der Waals surface area contributed by atoms with Gasteiger partial charge in [0.1, 0.15) is 13.2 Å². The number of amides is 1. The van der Waals surface area contributed by atoms with Crippen LogP contribution in [-0.2, 0) is 11.2 Å². The van der Waals surface area contributed by atoms with Gasteiger partial charge in [-0.25, -0.2) is 4.79 Å². The Morgan fingerprint density at radius 2 is 2.33 bits per heavy atom. The maximum Gasteiger partial charge on any atom is 0.409 e. The van der Waals surface area contributed by atoms with Crippen LogP contribution in [0, 0.1) is 0 Å². The van der Waals surface area contributed by atoms with Gasteiger partial charge >= 0.3 is 6.09 Å². The van der Waals surface area contributed by atoms with Gasteiger partial charge in [0.2, 0.25) is 0 Å². The van der Waals surface area contributed by atoms with Gasteiger partial charge in [-0.2, -0.15) is 0 Å². The fourth-order valence-corrected chi connectivity index (χ4v) is 2.72. The van der Waals surface area contributed by atoms with Crippen molar-refractivity contribution in [2.24, 2.45) is 0 Å². The molecule has 114 valence electrons. The number of benzene rings is 1. The average molecular weight is 292 g/mol. The number of hydrogen-bond donors (Lipinski definition) is 1. The Labute approximate surface area is 124 Å². The van der Waals surface area contributed by atoms with Crippen LogP contribution in [0.4, 0.5) is 4.79 Å². The van der Waals surface area contributed by atoms with Crippen molar-refractivity contribution >= 4 is 6.09 Å². The molecule has 2 aliphatic rings. The molecule has 1 N–H and O–H groups in total. The van der Waals surface area contributed by atoms with Gasteiger partial charge in [0.15, 0.2) is 11.5 Å². The minimum atomic E-state index is -0.216. The van der Waals surface area contributed by atoms with Crippen molar-refractivity contribution in [3.8, 4) is 11.5 Å². The SMILES string of the molecule is COc1cccc2c1OCC(NCCN1CCOC1=O)C2. The van der Waals surface area contributed by atoms with E-state index in [0.29, 0.717) is 26.3 Å². The highest BCUT2D eigenvalue weighted by atomic mass is 16.6. The van der Waals surface area contributed by atoms with Crippen LogP contribution in [0.3, 0.4) is 0 Å². The van der Waals surface area contributed by atoms with Crippen LogP contribution in [0.15, 0.2) is 18.2 Å². The number of cyclic esters (lactones) is 1. The van der Waals surface area contributed by atoms with E-state index in [-0.39, 0.29) is 12.1 Å². The van der Waals surface area contributed by atoms with E-state index in [2.05, 4.69) is 11.4 Å². The molecule has 0 aromatic heterocycles. The van der Waals surface area contributed by atoms with Gasteiger partial charge in [0, 0.05) is 19.1 Å². The number of nitrogens with one attached hydrogen (secondary N) is 1. The highest BCUT2D eigenvalue weighted by molar-refractivity contribution is 5.69. The summed E-state index contributed by atoms with van der Waals surface area (Å²) in [5.74, 6) is 1.63. The zero-order chi connectivity index (χ0) is 14.7. The Morgan fingerprint density at radius 3 is 3.10 bits per heavy atom. The Kier molecular flexibility index (Phi) is 4.15. The predicted octanol–water partition coefficient (Wildman–Crippen LogP) is 1.04. The number of rotatable bonds is 5. The number of carbonyl (C=O) groups excluding carboxylic acids is 1. The molecule has 1 saturated heterocycles. The Hall–Kier alpha value is -1.95. The molecule has 0 saturated carbocycles. The highest BCUT2D eigenvalue weighted by Crippen LogP contribution is 2.34. The van der Waals surface area contributed by atoms with Crippen LogP contribution >= 0.6 is 0 Å². The first-order valence-corrected chi connectivity index (χ1v) is 7.21. The van der Waals surface area contributed by atoms with Crippen LogP contribution in [0.1, 0.15) is 5.56 Å². The average Bonchev–Trinajstić information content (AvgIpc) is 2.92. The van der Waals surface area contributed by atoms with E-state index in [1.165, 1.54) is 0 Å². The van der Waals surface area contributed by atoms with E-state index in [4.69, 9.17) is 14.2 Å². The fraction of sp³-hybridized carbons (Fsp3) is 0.533. The van der Waals surface area contributed by atoms with Crippen LogP contribution in [-0.4, -0.2) is 57.0 Å². The molecule has 21 heavy (non-hydrogen) atoms. The van der Waals surface area contributed by atoms with E-state index in [0.717, 1.165) is 30.0 Å². The molecule has 6 heteroatoms. The molecule has 1 fully saturated rings. The maximum atomic E-state index is 11.3. The van der Waals surface area contributed by atoms with Crippen molar-refractivity contribution in [1.82, 2.24) is 10.2 Å². The van der Waals surface area contributed by atoms with Crippen molar-refractivity contribution < 1.29 is 19.0 Å². The summed E-state index contributed by atoms with van der Waals surface area (Å²) in [5.41, 5.74) is 1.15. The van der Waals surface area contributed by atoms with Crippen LogP contribution in [0.5, 0.6) is 11.5 Å². The predicted molar refractivity (Wildman–Crippen MR) is 76.9 cm³/mol. The van der Waals surface area contributed by atoms with Gasteiger partial charge in [0.25, 0.3) is 0 Å². The number of hydrogen-bond acceptors (Lipinski definition) is 5. The minimum absolute atomic E-state index is 0.216. The number of methoxy groups -OCH3 is 1. The van der Waals surface area contributed by atoms with Crippen molar-refractivity contribution in [1.29, 1.82) is 0 Å². The number of carbonyl (C=O) groups is 1. The van der Waals surface area contributed by atoms with E-state index in [9.17, 15) is 4.79 Å². The lowest BCUT2D eigenvalue weighted by Gasteiger charge is -2.27. The lowest BCUT2D eigenvalue weighted by molar-refractivity contribution is 0.157. The number of nitrogens with zero attached hydrogens (tertiary/aromatic N) is 1. The normalized spacial score (nSPS) is 20.7. The van der Waals surface area contributed by atoms with Crippen molar-refractivity contribution in [3.05, 3.63) is 23.8 Å². The third-order valence-electron chi connectivity index (χ3n) is 3.84. The molecule has 1 aromatic rings. The van der Waals surface area contributed by atoms with E-state index in [1.54, 1.807) is 12.0 Å². The van der Waals surface area contributed by atoms with Gasteiger partial charge in [-0.3, -0.25) is 0 Å². The standard InChI is InChI=1S/C15H20N2O4/c1-19-13-4-2-3-11-9-12(10-21-14(11)13)16-5-6-17-7-8-20-15(17)18/h2-4,12,16H,5-10H2,1H3. The Morgan fingerprint density at radius 1 is 1.43 bits per heavy atom. The number of ether oxygens (including phenoxy) is 3. The quantitative estimate of drug-likeness (QED) is 0.878. The smallest absolute Gasteiger partial charge is 0.409 e. The van der Waals surface area contributed by atoms with Gasteiger partial charge < -0.3 is 24.4 Å². The van der Waals surface area contributed by atoms with Crippen molar-refractivity contribution in [2.75, 3.05) is 40.0 Å². The first-order valence-electron chi connectivity index (χ1n) is 7.21. The molecule has 0 spiro atoms. The topological polar surface area (TPSA) is 60.0 Å². The molecule has 0 radical (unpaired) electrons. The summed E-state index contributed by atoms with van der Waals surface area (Å²) in [6, 6.07) is 6.20. The second-order valence-electron chi connectivity index (χ2n) is 5.22. The molecular weight excluding hydrogens is 272 g/mol. The highest BCUT2D eigenvalue weighted by Gasteiger charge is 2.24. The molecule has 0 bridgehead atoms. The molecule has 2 aliphatic heterocycles. The molecule has 6 nitrogen and oxygen atoms in total. The lowest BCUT2D eigenvalue weighted by atomic mass is 10.0. The van der Waals surface area contributed by atoms with E-state index in [1.807, 2.05) is 12.1 Å². The summed E-state index contributed by atoms with van der Waals surface area (Å²) in [6.45, 7) is 3.20. The minimum Gasteiger partial charge on any atom is -0.493 e.